The van der Waals surface area contributed by atoms with Crippen LogP contribution in [0.4, 0.5) is 0 Å². The molecule has 2 atom stereocenters. The number of hydrogen-bond donors (Lipinski definition) is 1. The van der Waals surface area contributed by atoms with Gasteiger partial charge in [-0.2, -0.15) is 0 Å². The van der Waals surface area contributed by atoms with Crippen molar-refractivity contribution in [1.29, 1.82) is 0 Å². The second-order valence-electron chi connectivity index (χ2n) is 8.43. The van der Waals surface area contributed by atoms with Crippen LogP contribution in [-0.4, -0.2) is 24.1 Å². The molecule has 1 aliphatic rings. The fourth-order valence-electron chi connectivity index (χ4n) is 3.37. The van der Waals surface area contributed by atoms with E-state index in [4.69, 9.17) is 14.3 Å². The van der Waals surface area contributed by atoms with E-state index in [2.05, 4.69) is 5.48 Å². The first-order valence-corrected chi connectivity index (χ1v) is 10.2. The van der Waals surface area contributed by atoms with Gasteiger partial charge in [0, 0.05) is 0 Å². The van der Waals surface area contributed by atoms with Crippen molar-refractivity contribution in [3.8, 4) is 5.75 Å². The Kier molecular flexibility index (Phi) is 6.46. The van der Waals surface area contributed by atoms with Crippen LogP contribution in [0.5, 0.6) is 5.75 Å². The van der Waals surface area contributed by atoms with E-state index in [1.807, 2.05) is 75.4 Å². The van der Waals surface area contributed by atoms with E-state index >= 15 is 0 Å². The molecule has 0 aliphatic heterocycles. The molecule has 0 heterocycles. The van der Waals surface area contributed by atoms with Gasteiger partial charge in [-0.25, -0.2) is 5.48 Å². The molecule has 1 aliphatic carbocycles. The summed E-state index contributed by atoms with van der Waals surface area (Å²) < 4.78 is 11.1. The van der Waals surface area contributed by atoms with Crippen LogP contribution in [0.2, 0.25) is 0 Å². The monoisotopic (exact) mass is 411 g/mol. The Labute approximate surface area is 177 Å². The maximum atomic E-state index is 12.8. The van der Waals surface area contributed by atoms with Gasteiger partial charge in [-0.05, 0) is 57.4 Å². The van der Waals surface area contributed by atoms with E-state index in [0.717, 1.165) is 11.1 Å². The second kappa shape index (κ2) is 8.88. The van der Waals surface area contributed by atoms with Crippen molar-refractivity contribution in [2.75, 3.05) is 6.61 Å². The van der Waals surface area contributed by atoms with Crippen molar-refractivity contribution in [3.05, 3.63) is 65.7 Å². The molecule has 160 valence electrons. The van der Waals surface area contributed by atoms with Gasteiger partial charge in [0.1, 0.15) is 17.8 Å². The number of nitrogens with one attached hydrogen (secondary N) is 1. The molecule has 30 heavy (non-hydrogen) atoms. The lowest BCUT2D eigenvalue weighted by Gasteiger charge is -2.20. The molecule has 6 nitrogen and oxygen atoms in total. The highest BCUT2D eigenvalue weighted by atomic mass is 16.7. The standard InChI is InChI=1S/C24H29NO5/c1-5-28-22(27)24(15-20(24)21(26)25-30-23(2,3)4)18-11-13-19(14-12-18)29-16-17-9-7-6-8-10-17/h6-14,20H,5,15-16H2,1-4H3,(H,25,26). The van der Waals surface area contributed by atoms with Crippen LogP contribution in [0.1, 0.15) is 45.2 Å². The molecule has 1 fully saturated rings. The zero-order chi connectivity index (χ0) is 21.8. The van der Waals surface area contributed by atoms with Gasteiger partial charge >= 0.3 is 5.97 Å². The van der Waals surface area contributed by atoms with E-state index < -0.39 is 16.9 Å². The maximum Gasteiger partial charge on any atom is 0.317 e. The second-order valence-corrected chi connectivity index (χ2v) is 8.43. The summed E-state index contributed by atoms with van der Waals surface area (Å²) in [4.78, 5) is 30.8. The van der Waals surface area contributed by atoms with Crippen molar-refractivity contribution >= 4 is 11.9 Å². The van der Waals surface area contributed by atoms with Gasteiger partial charge in [0.2, 0.25) is 5.91 Å². The van der Waals surface area contributed by atoms with Crippen LogP contribution >= 0.6 is 0 Å². The number of amides is 1. The number of hydrogen-bond acceptors (Lipinski definition) is 5. The topological polar surface area (TPSA) is 73.9 Å². The molecule has 2 aromatic rings. The van der Waals surface area contributed by atoms with Gasteiger partial charge < -0.3 is 9.47 Å². The zero-order valence-electron chi connectivity index (χ0n) is 17.9. The average Bonchev–Trinajstić information content (AvgIpc) is 3.48. The first kappa shape index (κ1) is 21.8. The summed E-state index contributed by atoms with van der Waals surface area (Å²) >= 11 is 0. The molecule has 1 N–H and O–H groups in total. The quantitative estimate of drug-likeness (QED) is 0.526. The van der Waals surface area contributed by atoms with Gasteiger partial charge in [-0.1, -0.05) is 42.5 Å². The average molecular weight is 411 g/mol. The molecule has 3 rings (SSSR count). The molecule has 0 spiro atoms. The van der Waals surface area contributed by atoms with Crippen molar-refractivity contribution in [3.63, 3.8) is 0 Å². The van der Waals surface area contributed by atoms with Gasteiger partial charge in [0.05, 0.1) is 18.1 Å². The molecule has 0 saturated heterocycles. The minimum Gasteiger partial charge on any atom is -0.489 e. The fourth-order valence-corrected chi connectivity index (χ4v) is 3.37. The number of esters is 1. The Bertz CT molecular complexity index is 873. The molecular formula is C24H29NO5. The van der Waals surface area contributed by atoms with E-state index in [1.54, 1.807) is 6.92 Å². The SMILES string of the molecule is CCOC(=O)C1(c2ccc(OCc3ccccc3)cc2)CC1C(=O)NOC(C)(C)C. The molecular weight excluding hydrogens is 382 g/mol. The van der Waals surface area contributed by atoms with E-state index in [0.29, 0.717) is 18.8 Å². The van der Waals surface area contributed by atoms with E-state index in [1.165, 1.54) is 0 Å². The number of rotatable bonds is 8. The summed E-state index contributed by atoms with van der Waals surface area (Å²) in [5, 5.41) is 0. The number of carbonyl (C=O) groups is 2. The lowest BCUT2D eigenvalue weighted by Crippen LogP contribution is -2.37. The summed E-state index contributed by atoms with van der Waals surface area (Å²) in [7, 11) is 0. The third-order valence-corrected chi connectivity index (χ3v) is 4.99. The Morgan fingerprint density at radius 2 is 1.73 bits per heavy atom. The maximum absolute atomic E-state index is 12.8. The molecule has 0 aromatic heterocycles. The van der Waals surface area contributed by atoms with E-state index in [-0.39, 0.29) is 18.5 Å². The van der Waals surface area contributed by atoms with Gasteiger partial charge in [0.15, 0.2) is 0 Å². The smallest absolute Gasteiger partial charge is 0.317 e. The number of ether oxygens (including phenoxy) is 2. The van der Waals surface area contributed by atoms with Crippen molar-refractivity contribution in [2.24, 2.45) is 5.92 Å². The third-order valence-electron chi connectivity index (χ3n) is 4.99. The van der Waals surface area contributed by atoms with Gasteiger partial charge in [0.25, 0.3) is 0 Å². The first-order valence-electron chi connectivity index (χ1n) is 10.2. The normalized spacial score (nSPS) is 20.3. The summed E-state index contributed by atoms with van der Waals surface area (Å²) in [5.74, 6) is -0.546. The lowest BCUT2D eigenvalue weighted by molar-refractivity contribution is -0.152. The predicted molar refractivity (Wildman–Crippen MR) is 113 cm³/mol. The number of carbonyl (C=O) groups excluding carboxylic acids is 2. The molecule has 2 unspecified atom stereocenters. The van der Waals surface area contributed by atoms with Crippen molar-refractivity contribution in [1.82, 2.24) is 5.48 Å². The van der Waals surface area contributed by atoms with E-state index in [9.17, 15) is 9.59 Å². The fraction of sp³-hybridized carbons (Fsp3) is 0.417. The number of benzene rings is 2. The minimum atomic E-state index is -0.987. The predicted octanol–water partition coefficient (Wildman–Crippen LogP) is 3.93. The summed E-state index contributed by atoms with van der Waals surface area (Å²) in [6.07, 6.45) is 0.384. The van der Waals surface area contributed by atoms with Gasteiger partial charge in [-0.15, -0.1) is 0 Å². The zero-order valence-corrected chi connectivity index (χ0v) is 17.9. The van der Waals surface area contributed by atoms with Crippen LogP contribution in [0, 0.1) is 5.92 Å². The summed E-state index contributed by atoms with van der Waals surface area (Å²) in [6, 6.07) is 17.2. The largest absolute Gasteiger partial charge is 0.489 e. The third kappa shape index (κ3) is 5.00. The number of hydroxylamine groups is 1. The van der Waals surface area contributed by atoms with Crippen LogP contribution < -0.4 is 10.2 Å². The Hall–Kier alpha value is -2.86. The van der Waals surface area contributed by atoms with Crippen LogP contribution in [-0.2, 0) is 31.2 Å². The van der Waals surface area contributed by atoms with Crippen molar-refractivity contribution < 1.29 is 23.9 Å². The molecule has 1 saturated carbocycles. The Morgan fingerprint density at radius 3 is 2.33 bits per heavy atom. The highest BCUT2D eigenvalue weighted by molar-refractivity contribution is 5.98. The minimum absolute atomic E-state index is 0.256. The summed E-state index contributed by atoms with van der Waals surface area (Å²) in [5.41, 5.74) is 2.79. The Morgan fingerprint density at radius 1 is 1.07 bits per heavy atom. The molecule has 0 bridgehead atoms. The highest BCUT2D eigenvalue weighted by Crippen LogP contribution is 2.55. The summed E-state index contributed by atoms with van der Waals surface area (Å²) in [6.45, 7) is 7.99. The Balaban J connectivity index is 1.72. The van der Waals surface area contributed by atoms with Crippen LogP contribution in [0.3, 0.4) is 0 Å². The van der Waals surface area contributed by atoms with Crippen molar-refractivity contribution in [2.45, 2.75) is 51.7 Å². The highest BCUT2D eigenvalue weighted by Gasteiger charge is 2.66. The molecule has 2 aromatic carbocycles. The lowest BCUT2D eigenvalue weighted by atomic mass is 9.93. The first-order chi connectivity index (χ1) is 14.3. The molecule has 1 amide bonds. The molecule has 0 radical (unpaired) electrons. The van der Waals surface area contributed by atoms with Crippen LogP contribution in [0.15, 0.2) is 54.6 Å². The molecule has 6 heteroatoms. The van der Waals surface area contributed by atoms with Crippen LogP contribution in [0.25, 0.3) is 0 Å². The van der Waals surface area contributed by atoms with Gasteiger partial charge in [-0.3, -0.25) is 14.4 Å².